The quantitative estimate of drug-likeness (QED) is 0.273. The number of hydrogen-bond donors (Lipinski definition) is 0. The Morgan fingerprint density at radius 3 is 1.56 bits per heavy atom. The number of carbonyl (C=O) groups is 1. The van der Waals surface area contributed by atoms with E-state index in [2.05, 4.69) is 6.58 Å². The summed E-state index contributed by atoms with van der Waals surface area (Å²) in [7, 11) is 0. The third-order valence-electron chi connectivity index (χ3n) is 5.90. The van der Waals surface area contributed by atoms with Gasteiger partial charge in [-0.05, 0) is 16.7 Å². The van der Waals surface area contributed by atoms with Gasteiger partial charge in [0.25, 0.3) is 0 Å². The van der Waals surface area contributed by atoms with E-state index in [1.165, 1.54) is 6.92 Å². The van der Waals surface area contributed by atoms with E-state index < -0.39 is 36.7 Å². The summed E-state index contributed by atoms with van der Waals surface area (Å²) in [5, 5.41) is 0. The molecule has 1 heterocycles. The summed E-state index contributed by atoms with van der Waals surface area (Å²) < 4.78 is 30.8. The first-order valence-corrected chi connectivity index (χ1v) is 12.1. The first-order chi connectivity index (χ1) is 17.6. The lowest BCUT2D eigenvalue weighted by molar-refractivity contribution is -0.306. The zero-order valence-corrected chi connectivity index (χ0v) is 20.4. The largest absolute Gasteiger partial charge is 0.433 e. The molecule has 0 aromatic heterocycles. The summed E-state index contributed by atoms with van der Waals surface area (Å²) >= 11 is 0. The molecule has 188 valence electrons. The van der Waals surface area contributed by atoms with E-state index in [4.69, 9.17) is 23.7 Å². The molecule has 1 saturated heterocycles. The van der Waals surface area contributed by atoms with Gasteiger partial charge in [-0.1, -0.05) is 97.1 Å². The summed E-state index contributed by atoms with van der Waals surface area (Å²) in [5.74, 6) is -0.471. The highest BCUT2D eigenvalue weighted by Gasteiger charge is 2.49. The van der Waals surface area contributed by atoms with E-state index in [1.54, 1.807) is 6.08 Å². The highest BCUT2D eigenvalue weighted by atomic mass is 16.7. The lowest BCUT2D eigenvalue weighted by Gasteiger charge is -2.44. The minimum atomic E-state index is -0.980. The second-order valence-corrected chi connectivity index (χ2v) is 8.60. The van der Waals surface area contributed by atoms with Gasteiger partial charge >= 0.3 is 5.97 Å². The topological polar surface area (TPSA) is 63.2 Å². The maximum atomic E-state index is 11.9. The summed E-state index contributed by atoms with van der Waals surface area (Å²) in [4.78, 5) is 11.9. The minimum Gasteiger partial charge on any atom is -0.433 e. The third-order valence-corrected chi connectivity index (χ3v) is 5.90. The molecule has 3 aromatic rings. The molecule has 0 N–H and O–H groups in total. The maximum Gasteiger partial charge on any atom is 0.305 e. The van der Waals surface area contributed by atoms with E-state index in [-0.39, 0.29) is 0 Å². The SMILES string of the molecule is C=C[C@H]1O[C@H](OC(C)=O)[C@@H](OCc2ccccc2)[C@@H](OCc2ccccc2)[C@@H]1OCc1ccccc1. The van der Waals surface area contributed by atoms with Gasteiger partial charge in [-0.25, -0.2) is 0 Å². The second kappa shape index (κ2) is 13.1. The van der Waals surface area contributed by atoms with Crippen molar-refractivity contribution in [3.05, 3.63) is 120 Å². The lowest BCUT2D eigenvalue weighted by Crippen LogP contribution is -2.60. The fraction of sp³-hybridized carbons (Fsp3) is 0.300. The Bertz CT molecular complexity index is 1070. The van der Waals surface area contributed by atoms with Gasteiger partial charge in [0.1, 0.15) is 24.4 Å². The molecule has 6 heteroatoms. The fourth-order valence-electron chi connectivity index (χ4n) is 4.14. The van der Waals surface area contributed by atoms with Gasteiger partial charge in [-0.15, -0.1) is 6.58 Å². The molecule has 0 aliphatic carbocycles. The van der Waals surface area contributed by atoms with Gasteiger partial charge in [-0.3, -0.25) is 4.79 Å². The molecular weight excluding hydrogens is 456 g/mol. The van der Waals surface area contributed by atoms with Gasteiger partial charge in [-0.2, -0.15) is 0 Å². The predicted molar refractivity (Wildman–Crippen MR) is 136 cm³/mol. The standard InChI is InChI=1S/C30H32O6/c1-3-26-27(32-19-23-13-7-4-8-14-23)28(33-20-24-15-9-5-10-16-24)29(30(36-26)35-22(2)31)34-21-25-17-11-6-12-18-25/h3-18,26-30H,1,19-21H2,2H3/t26-,27-,28+,29+,30+/m1/s1. The number of benzene rings is 3. The van der Waals surface area contributed by atoms with Crippen LogP contribution < -0.4 is 0 Å². The van der Waals surface area contributed by atoms with Crippen molar-refractivity contribution < 1.29 is 28.5 Å². The summed E-state index contributed by atoms with van der Waals surface area (Å²) in [5.41, 5.74) is 3.01. The van der Waals surface area contributed by atoms with Crippen LogP contribution in [0.15, 0.2) is 104 Å². The molecule has 4 rings (SSSR count). The molecule has 1 aliphatic heterocycles. The summed E-state index contributed by atoms with van der Waals surface area (Å²) in [6.45, 7) is 6.26. The number of esters is 1. The molecule has 0 spiro atoms. The number of ether oxygens (including phenoxy) is 5. The molecule has 3 aromatic carbocycles. The number of rotatable bonds is 11. The van der Waals surface area contributed by atoms with Crippen LogP contribution in [0.2, 0.25) is 0 Å². The second-order valence-electron chi connectivity index (χ2n) is 8.60. The van der Waals surface area contributed by atoms with Crippen molar-refractivity contribution in [2.24, 2.45) is 0 Å². The van der Waals surface area contributed by atoms with Crippen LogP contribution in [0.5, 0.6) is 0 Å². The van der Waals surface area contributed by atoms with Crippen LogP contribution in [0.3, 0.4) is 0 Å². The van der Waals surface area contributed by atoms with Gasteiger partial charge in [0, 0.05) is 6.92 Å². The Labute approximate surface area is 212 Å². The van der Waals surface area contributed by atoms with Crippen molar-refractivity contribution in [3.8, 4) is 0 Å². The number of hydrogen-bond acceptors (Lipinski definition) is 6. The normalized spacial score (nSPS) is 23.6. The fourth-order valence-corrected chi connectivity index (χ4v) is 4.14. The van der Waals surface area contributed by atoms with Crippen molar-refractivity contribution >= 4 is 5.97 Å². The minimum absolute atomic E-state index is 0.294. The molecule has 5 atom stereocenters. The van der Waals surface area contributed by atoms with E-state index in [9.17, 15) is 4.79 Å². The Morgan fingerprint density at radius 1 is 0.722 bits per heavy atom. The molecule has 1 aliphatic rings. The molecule has 0 radical (unpaired) electrons. The van der Waals surface area contributed by atoms with Gasteiger partial charge in [0.05, 0.1) is 19.8 Å². The molecule has 0 amide bonds. The van der Waals surface area contributed by atoms with Crippen molar-refractivity contribution in [3.63, 3.8) is 0 Å². The van der Waals surface area contributed by atoms with Crippen molar-refractivity contribution in [2.45, 2.75) is 57.5 Å². The molecule has 1 fully saturated rings. The number of carbonyl (C=O) groups excluding carboxylic acids is 1. The van der Waals surface area contributed by atoms with Gasteiger partial charge in [0.15, 0.2) is 0 Å². The monoisotopic (exact) mass is 488 g/mol. The zero-order chi connectivity index (χ0) is 25.2. The first-order valence-electron chi connectivity index (χ1n) is 12.1. The van der Waals surface area contributed by atoms with Crippen molar-refractivity contribution in [1.29, 1.82) is 0 Å². The molecule has 0 bridgehead atoms. The van der Waals surface area contributed by atoms with Crippen LogP contribution in [0.4, 0.5) is 0 Å². The smallest absolute Gasteiger partial charge is 0.305 e. The lowest BCUT2D eigenvalue weighted by atomic mass is 9.97. The third kappa shape index (κ3) is 7.12. The summed E-state index contributed by atoms with van der Waals surface area (Å²) in [6.07, 6.45) is -1.77. The van der Waals surface area contributed by atoms with E-state index in [0.29, 0.717) is 19.8 Å². The van der Waals surface area contributed by atoms with Gasteiger partial charge < -0.3 is 23.7 Å². The van der Waals surface area contributed by atoms with E-state index >= 15 is 0 Å². The van der Waals surface area contributed by atoms with Crippen LogP contribution >= 0.6 is 0 Å². The van der Waals surface area contributed by atoms with Crippen LogP contribution in [0.1, 0.15) is 23.6 Å². The van der Waals surface area contributed by atoms with E-state index in [0.717, 1.165) is 16.7 Å². The van der Waals surface area contributed by atoms with Gasteiger partial charge in [0.2, 0.25) is 6.29 Å². The molecule has 36 heavy (non-hydrogen) atoms. The molecule has 6 nitrogen and oxygen atoms in total. The highest BCUT2D eigenvalue weighted by Crippen LogP contribution is 2.31. The Kier molecular flexibility index (Phi) is 9.41. The Morgan fingerprint density at radius 2 is 1.14 bits per heavy atom. The Balaban J connectivity index is 1.61. The van der Waals surface area contributed by atoms with Crippen LogP contribution in [-0.2, 0) is 48.3 Å². The molecular formula is C30H32O6. The molecule has 0 unspecified atom stereocenters. The average Bonchev–Trinajstić information content (AvgIpc) is 2.91. The maximum absolute atomic E-state index is 11.9. The average molecular weight is 489 g/mol. The van der Waals surface area contributed by atoms with Crippen molar-refractivity contribution in [2.75, 3.05) is 0 Å². The van der Waals surface area contributed by atoms with Crippen LogP contribution in [0.25, 0.3) is 0 Å². The zero-order valence-electron chi connectivity index (χ0n) is 20.4. The van der Waals surface area contributed by atoms with Crippen LogP contribution in [-0.4, -0.2) is 36.7 Å². The predicted octanol–water partition coefficient (Wildman–Crippen LogP) is 5.22. The first kappa shape index (κ1) is 25.8. The van der Waals surface area contributed by atoms with Crippen molar-refractivity contribution in [1.82, 2.24) is 0 Å². The summed E-state index contributed by atoms with van der Waals surface area (Å²) in [6, 6.07) is 29.5. The Hall–Kier alpha value is -3.29. The highest BCUT2D eigenvalue weighted by molar-refractivity contribution is 5.66. The molecule has 0 saturated carbocycles. The van der Waals surface area contributed by atoms with Crippen LogP contribution in [0, 0.1) is 0 Å². The van der Waals surface area contributed by atoms with E-state index in [1.807, 2.05) is 91.0 Å².